The van der Waals surface area contributed by atoms with Crippen LogP contribution in [-0.4, -0.2) is 43.7 Å². The van der Waals surface area contributed by atoms with E-state index in [0.29, 0.717) is 32.0 Å². The van der Waals surface area contributed by atoms with Gasteiger partial charge in [-0.1, -0.05) is 0 Å². The standard InChI is InChI=1S/C14H14F3N3O2/c15-14(16,17)12-2-1-11(7-10(12)8-18)19-9-13(21)20-3-5-22-6-4-20/h1-2,7,19H,3-6,9H2. The lowest BCUT2D eigenvalue weighted by atomic mass is 10.1. The van der Waals surface area contributed by atoms with E-state index >= 15 is 0 Å². The second-order valence-electron chi connectivity index (χ2n) is 4.72. The minimum atomic E-state index is -4.58. The lowest BCUT2D eigenvalue weighted by Crippen LogP contribution is -2.43. The van der Waals surface area contributed by atoms with Gasteiger partial charge in [0.05, 0.1) is 37.0 Å². The molecule has 0 aliphatic carbocycles. The summed E-state index contributed by atoms with van der Waals surface area (Å²) in [5, 5.41) is 11.6. The molecule has 1 heterocycles. The van der Waals surface area contributed by atoms with Crippen LogP contribution in [0.25, 0.3) is 0 Å². The van der Waals surface area contributed by atoms with Gasteiger partial charge in [-0.05, 0) is 18.2 Å². The van der Waals surface area contributed by atoms with E-state index in [4.69, 9.17) is 10.00 Å². The monoisotopic (exact) mass is 313 g/mol. The SMILES string of the molecule is N#Cc1cc(NCC(=O)N2CCOCC2)ccc1C(F)(F)F. The molecule has 1 saturated heterocycles. The maximum Gasteiger partial charge on any atom is 0.417 e. The van der Waals surface area contributed by atoms with Gasteiger partial charge in [-0.15, -0.1) is 0 Å². The third-order valence-electron chi connectivity index (χ3n) is 3.25. The van der Waals surface area contributed by atoms with Gasteiger partial charge in [-0.2, -0.15) is 18.4 Å². The molecular formula is C14H14F3N3O2. The van der Waals surface area contributed by atoms with Gasteiger partial charge < -0.3 is 15.0 Å². The lowest BCUT2D eigenvalue weighted by Gasteiger charge is -2.27. The predicted molar refractivity (Wildman–Crippen MR) is 72.0 cm³/mol. The van der Waals surface area contributed by atoms with Crippen LogP contribution in [-0.2, 0) is 15.7 Å². The topological polar surface area (TPSA) is 65.4 Å². The Kier molecular flexibility index (Phi) is 4.88. The number of morpholine rings is 1. The van der Waals surface area contributed by atoms with Gasteiger partial charge in [0.2, 0.25) is 5.91 Å². The Morgan fingerprint density at radius 2 is 2.05 bits per heavy atom. The van der Waals surface area contributed by atoms with Crippen molar-refractivity contribution in [3.05, 3.63) is 29.3 Å². The van der Waals surface area contributed by atoms with Crippen molar-refractivity contribution in [2.45, 2.75) is 6.18 Å². The van der Waals surface area contributed by atoms with E-state index in [1.165, 1.54) is 12.1 Å². The van der Waals surface area contributed by atoms with Crippen molar-refractivity contribution in [2.24, 2.45) is 0 Å². The molecule has 1 aliphatic heterocycles. The average molecular weight is 313 g/mol. The highest BCUT2D eigenvalue weighted by atomic mass is 19.4. The Bertz CT molecular complexity index is 590. The number of hydrogen-bond donors (Lipinski definition) is 1. The van der Waals surface area contributed by atoms with Gasteiger partial charge in [0, 0.05) is 18.8 Å². The van der Waals surface area contributed by atoms with E-state index in [1.807, 2.05) is 0 Å². The maximum absolute atomic E-state index is 12.7. The first-order valence-corrected chi connectivity index (χ1v) is 6.62. The molecule has 0 radical (unpaired) electrons. The smallest absolute Gasteiger partial charge is 0.378 e. The van der Waals surface area contributed by atoms with Crippen LogP contribution in [0.2, 0.25) is 0 Å². The molecule has 1 aromatic rings. The molecule has 2 rings (SSSR count). The first kappa shape index (κ1) is 16.1. The Hall–Kier alpha value is -2.27. The molecular weight excluding hydrogens is 299 g/mol. The van der Waals surface area contributed by atoms with Gasteiger partial charge in [0.1, 0.15) is 0 Å². The van der Waals surface area contributed by atoms with Crippen molar-refractivity contribution < 1.29 is 22.7 Å². The highest BCUT2D eigenvalue weighted by Crippen LogP contribution is 2.32. The van der Waals surface area contributed by atoms with Crippen molar-refractivity contribution >= 4 is 11.6 Å². The molecule has 0 aromatic heterocycles. The first-order valence-electron chi connectivity index (χ1n) is 6.62. The van der Waals surface area contributed by atoms with Crippen molar-refractivity contribution in [1.29, 1.82) is 5.26 Å². The summed E-state index contributed by atoms with van der Waals surface area (Å²) >= 11 is 0. The number of carbonyl (C=O) groups excluding carboxylic acids is 1. The minimum absolute atomic E-state index is 0.0454. The van der Waals surface area contributed by atoms with Gasteiger partial charge in [-0.25, -0.2) is 0 Å². The zero-order valence-electron chi connectivity index (χ0n) is 11.6. The number of nitrogens with zero attached hydrogens (tertiary/aromatic N) is 2. The van der Waals surface area contributed by atoms with Crippen molar-refractivity contribution in [1.82, 2.24) is 4.90 Å². The summed E-state index contributed by atoms with van der Waals surface area (Å²) in [4.78, 5) is 13.5. The molecule has 5 nitrogen and oxygen atoms in total. The number of alkyl halides is 3. The van der Waals surface area contributed by atoms with Crippen molar-refractivity contribution in [2.75, 3.05) is 38.2 Å². The van der Waals surface area contributed by atoms with Crippen LogP contribution in [0.5, 0.6) is 0 Å². The summed E-state index contributed by atoms with van der Waals surface area (Å²) in [6.45, 7) is 1.90. The zero-order chi connectivity index (χ0) is 16.2. The molecule has 1 N–H and O–H groups in total. The summed E-state index contributed by atoms with van der Waals surface area (Å²) in [6.07, 6.45) is -4.58. The largest absolute Gasteiger partial charge is 0.417 e. The molecule has 1 amide bonds. The summed E-state index contributed by atoms with van der Waals surface area (Å²) in [5.74, 6) is -0.165. The Balaban J connectivity index is 2.01. The summed E-state index contributed by atoms with van der Waals surface area (Å²) < 4.78 is 43.2. The normalized spacial score (nSPS) is 15.3. The van der Waals surface area contributed by atoms with E-state index in [9.17, 15) is 18.0 Å². The number of amides is 1. The molecule has 0 atom stereocenters. The number of carbonyl (C=O) groups is 1. The van der Waals surface area contributed by atoms with Gasteiger partial charge in [0.25, 0.3) is 0 Å². The number of anilines is 1. The molecule has 1 aliphatic rings. The minimum Gasteiger partial charge on any atom is -0.378 e. The second kappa shape index (κ2) is 6.66. The molecule has 1 fully saturated rings. The van der Waals surface area contributed by atoms with E-state index in [0.717, 1.165) is 12.1 Å². The summed E-state index contributed by atoms with van der Waals surface area (Å²) in [7, 11) is 0. The maximum atomic E-state index is 12.7. The van der Waals surface area contributed by atoms with Gasteiger partial charge in [-0.3, -0.25) is 4.79 Å². The van der Waals surface area contributed by atoms with Crippen LogP contribution in [0.1, 0.15) is 11.1 Å². The van der Waals surface area contributed by atoms with Gasteiger partial charge in [0.15, 0.2) is 0 Å². The molecule has 0 saturated carbocycles. The summed E-state index contributed by atoms with van der Waals surface area (Å²) in [5.41, 5.74) is -1.16. The lowest BCUT2D eigenvalue weighted by molar-refractivity contribution is -0.137. The van der Waals surface area contributed by atoms with Crippen LogP contribution in [0.4, 0.5) is 18.9 Å². The van der Waals surface area contributed by atoms with E-state index in [1.54, 1.807) is 4.90 Å². The van der Waals surface area contributed by atoms with Crippen LogP contribution in [0.15, 0.2) is 18.2 Å². The Morgan fingerprint density at radius 3 is 2.64 bits per heavy atom. The number of rotatable bonds is 3. The van der Waals surface area contributed by atoms with Crippen LogP contribution in [0.3, 0.4) is 0 Å². The number of nitrogens with one attached hydrogen (secondary N) is 1. The second-order valence-corrected chi connectivity index (χ2v) is 4.72. The molecule has 22 heavy (non-hydrogen) atoms. The number of nitriles is 1. The van der Waals surface area contributed by atoms with Gasteiger partial charge >= 0.3 is 6.18 Å². The fourth-order valence-electron chi connectivity index (χ4n) is 2.10. The van der Waals surface area contributed by atoms with E-state index in [2.05, 4.69) is 5.32 Å². The highest BCUT2D eigenvalue weighted by Gasteiger charge is 2.33. The molecule has 118 valence electrons. The number of ether oxygens (including phenoxy) is 1. The molecule has 0 unspecified atom stereocenters. The van der Waals surface area contributed by atoms with Crippen molar-refractivity contribution in [3.63, 3.8) is 0 Å². The fourth-order valence-corrected chi connectivity index (χ4v) is 2.10. The van der Waals surface area contributed by atoms with Crippen LogP contribution < -0.4 is 5.32 Å². The molecule has 0 spiro atoms. The third-order valence-corrected chi connectivity index (χ3v) is 3.25. The van der Waals surface area contributed by atoms with Crippen molar-refractivity contribution in [3.8, 4) is 6.07 Å². The average Bonchev–Trinajstić information content (AvgIpc) is 2.52. The molecule has 8 heteroatoms. The van der Waals surface area contributed by atoms with Crippen LogP contribution in [0, 0.1) is 11.3 Å². The Morgan fingerprint density at radius 1 is 1.36 bits per heavy atom. The number of halogens is 3. The molecule has 1 aromatic carbocycles. The first-order chi connectivity index (χ1) is 10.4. The van der Waals surface area contributed by atoms with E-state index in [-0.39, 0.29) is 12.5 Å². The highest BCUT2D eigenvalue weighted by molar-refractivity contribution is 5.81. The fraction of sp³-hybridized carbons (Fsp3) is 0.429. The third kappa shape index (κ3) is 3.89. The zero-order valence-corrected chi connectivity index (χ0v) is 11.6. The number of hydrogen-bond acceptors (Lipinski definition) is 4. The van der Waals surface area contributed by atoms with E-state index < -0.39 is 17.3 Å². The number of benzene rings is 1. The van der Waals surface area contributed by atoms with Crippen LogP contribution >= 0.6 is 0 Å². The predicted octanol–water partition coefficient (Wildman–Crippen LogP) is 1.85. The Labute approximate surface area is 125 Å². The molecule has 0 bridgehead atoms. The summed E-state index contributed by atoms with van der Waals surface area (Å²) in [6, 6.07) is 4.65. The quantitative estimate of drug-likeness (QED) is 0.925.